The monoisotopic (exact) mass is 185 g/mol. The van der Waals surface area contributed by atoms with Crippen molar-refractivity contribution in [1.29, 1.82) is 0 Å². The van der Waals surface area contributed by atoms with Gasteiger partial charge in [0.05, 0.1) is 5.92 Å². The summed E-state index contributed by atoms with van der Waals surface area (Å²) >= 11 is 0. The molecular weight excluding hydrogens is 166 g/mol. The summed E-state index contributed by atoms with van der Waals surface area (Å²) in [5, 5.41) is 8.74. The minimum atomic E-state index is -0.782. The molecule has 0 aromatic carbocycles. The van der Waals surface area contributed by atoms with Crippen molar-refractivity contribution in [2.45, 2.75) is 39.2 Å². The molecule has 0 aromatic rings. The van der Waals surface area contributed by atoms with Crippen LogP contribution >= 0.6 is 0 Å². The molecule has 3 nitrogen and oxygen atoms in total. The average molecular weight is 185 g/mol. The highest BCUT2D eigenvalue weighted by Crippen LogP contribution is 2.38. The summed E-state index contributed by atoms with van der Waals surface area (Å²) in [4.78, 5) is 10.6. The normalized spacial score (nSPS) is 23.6. The second-order valence-electron chi connectivity index (χ2n) is 4.34. The van der Waals surface area contributed by atoms with Crippen LogP contribution in [0.4, 0.5) is 0 Å². The first-order valence-electron chi connectivity index (χ1n) is 5.00. The van der Waals surface area contributed by atoms with Crippen LogP contribution < -0.4 is 5.73 Å². The van der Waals surface area contributed by atoms with Crippen molar-refractivity contribution >= 4 is 5.97 Å². The number of carbonyl (C=O) groups is 1. The Morgan fingerprint density at radius 1 is 1.54 bits per heavy atom. The van der Waals surface area contributed by atoms with Crippen molar-refractivity contribution in [2.75, 3.05) is 0 Å². The third-order valence-electron chi connectivity index (χ3n) is 3.10. The SMILES string of the molecule is CC(C[C@H](N)C(C)C(=O)O)C1CC1. The van der Waals surface area contributed by atoms with Crippen LogP contribution in [-0.2, 0) is 4.79 Å². The molecule has 3 N–H and O–H groups in total. The van der Waals surface area contributed by atoms with E-state index in [-0.39, 0.29) is 6.04 Å². The van der Waals surface area contributed by atoms with Crippen molar-refractivity contribution in [2.24, 2.45) is 23.5 Å². The molecule has 1 aliphatic carbocycles. The number of carboxylic acids is 1. The summed E-state index contributed by atoms with van der Waals surface area (Å²) in [7, 11) is 0. The van der Waals surface area contributed by atoms with Gasteiger partial charge in [0.25, 0.3) is 0 Å². The predicted molar refractivity (Wildman–Crippen MR) is 51.3 cm³/mol. The second-order valence-corrected chi connectivity index (χ2v) is 4.34. The lowest BCUT2D eigenvalue weighted by molar-refractivity contribution is -0.141. The lowest BCUT2D eigenvalue weighted by atomic mass is 9.91. The van der Waals surface area contributed by atoms with Crippen molar-refractivity contribution in [3.05, 3.63) is 0 Å². The maximum atomic E-state index is 10.6. The van der Waals surface area contributed by atoms with E-state index < -0.39 is 11.9 Å². The summed E-state index contributed by atoms with van der Waals surface area (Å²) in [6, 6.07) is -0.187. The fraction of sp³-hybridized carbons (Fsp3) is 0.900. The van der Waals surface area contributed by atoms with Crippen molar-refractivity contribution < 1.29 is 9.90 Å². The number of carboxylic acid groups (broad SMARTS) is 1. The first-order chi connectivity index (χ1) is 6.02. The van der Waals surface area contributed by atoms with E-state index in [4.69, 9.17) is 10.8 Å². The molecule has 0 bridgehead atoms. The molecule has 0 aromatic heterocycles. The van der Waals surface area contributed by atoms with Gasteiger partial charge in [-0.3, -0.25) is 4.79 Å². The Morgan fingerprint density at radius 3 is 2.46 bits per heavy atom. The zero-order valence-corrected chi connectivity index (χ0v) is 8.36. The number of rotatable bonds is 5. The number of hydrogen-bond donors (Lipinski definition) is 2. The van der Waals surface area contributed by atoms with E-state index in [0.717, 1.165) is 12.3 Å². The third kappa shape index (κ3) is 2.99. The Bertz CT molecular complexity index is 189. The topological polar surface area (TPSA) is 63.3 Å². The van der Waals surface area contributed by atoms with Crippen molar-refractivity contribution in [3.8, 4) is 0 Å². The van der Waals surface area contributed by atoms with E-state index in [1.165, 1.54) is 12.8 Å². The minimum Gasteiger partial charge on any atom is -0.481 e. The molecule has 76 valence electrons. The Kier molecular flexibility index (Phi) is 3.31. The van der Waals surface area contributed by atoms with E-state index in [9.17, 15) is 4.79 Å². The van der Waals surface area contributed by atoms with Gasteiger partial charge in [0, 0.05) is 6.04 Å². The number of aliphatic carboxylic acids is 1. The summed E-state index contributed by atoms with van der Waals surface area (Å²) in [6.45, 7) is 3.86. The van der Waals surface area contributed by atoms with Gasteiger partial charge in [-0.15, -0.1) is 0 Å². The fourth-order valence-electron chi connectivity index (χ4n) is 1.67. The van der Waals surface area contributed by atoms with E-state index >= 15 is 0 Å². The van der Waals surface area contributed by atoms with Gasteiger partial charge >= 0.3 is 5.97 Å². The van der Waals surface area contributed by atoms with Crippen LogP contribution in [0.15, 0.2) is 0 Å². The third-order valence-corrected chi connectivity index (χ3v) is 3.10. The van der Waals surface area contributed by atoms with Crippen LogP contribution in [0.1, 0.15) is 33.1 Å². The zero-order chi connectivity index (χ0) is 10.0. The average Bonchev–Trinajstić information content (AvgIpc) is 2.84. The molecule has 0 spiro atoms. The Labute approximate surface area is 79.3 Å². The predicted octanol–water partition coefficient (Wildman–Crippen LogP) is 1.47. The molecule has 3 atom stereocenters. The second kappa shape index (κ2) is 4.09. The number of hydrogen-bond acceptors (Lipinski definition) is 2. The van der Waals surface area contributed by atoms with E-state index in [1.807, 2.05) is 0 Å². The van der Waals surface area contributed by atoms with Crippen LogP contribution in [0, 0.1) is 17.8 Å². The van der Waals surface area contributed by atoms with Gasteiger partial charge in [-0.2, -0.15) is 0 Å². The molecule has 13 heavy (non-hydrogen) atoms. The van der Waals surface area contributed by atoms with Crippen LogP contribution in [0.5, 0.6) is 0 Å². The van der Waals surface area contributed by atoms with Crippen LogP contribution in [-0.4, -0.2) is 17.1 Å². The lowest BCUT2D eigenvalue weighted by Gasteiger charge is -2.19. The molecule has 1 fully saturated rings. The lowest BCUT2D eigenvalue weighted by Crippen LogP contribution is -2.35. The first-order valence-corrected chi connectivity index (χ1v) is 5.00. The molecule has 0 radical (unpaired) electrons. The molecule has 3 heteroatoms. The van der Waals surface area contributed by atoms with Crippen LogP contribution in [0.3, 0.4) is 0 Å². The van der Waals surface area contributed by atoms with Gasteiger partial charge in [0.15, 0.2) is 0 Å². The molecule has 1 rings (SSSR count). The minimum absolute atomic E-state index is 0.187. The van der Waals surface area contributed by atoms with Gasteiger partial charge < -0.3 is 10.8 Å². The standard InChI is InChI=1S/C10H19NO2/c1-6(8-3-4-8)5-9(11)7(2)10(12)13/h6-9H,3-5,11H2,1-2H3,(H,12,13)/t6?,7?,9-/m0/s1. The Balaban J connectivity index is 2.30. The largest absolute Gasteiger partial charge is 0.481 e. The molecule has 2 unspecified atom stereocenters. The van der Waals surface area contributed by atoms with E-state index in [0.29, 0.717) is 5.92 Å². The highest BCUT2D eigenvalue weighted by molar-refractivity contribution is 5.70. The molecular formula is C10H19NO2. The van der Waals surface area contributed by atoms with Gasteiger partial charge in [-0.25, -0.2) is 0 Å². The summed E-state index contributed by atoms with van der Waals surface area (Å²) < 4.78 is 0. The molecule has 0 saturated heterocycles. The van der Waals surface area contributed by atoms with Gasteiger partial charge in [-0.05, 0) is 31.1 Å². The Hall–Kier alpha value is -0.570. The highest BCUT2D eigenvalue weighted by Gasteiger charge is 2.31. The molecule has 1 saturated carbocycles. The first kappa shape index (κ1) is 10.5. The van der Waals surface area contributed by atoms with Gasteiger partial charge in [0.1, 0.15) is 0 Å². The maximum Gasteiger partial charge on any atom is 0.307 e. The van der Waals surface area contributed by atoms with Crippen molar-refractivity contribution in [1.82, 2.24) is 0 Å². The zero-order valence-electron chi connectivity index (χ0n) is 8.36. The van der Waals surface area contributed by atoms with E-state index in [1.54, 1.807) is 6.92 Å². The quantitative estimate of drug-likeness (QED) is 0.681. The molecule has 0 aliphatic heterocycles. The Morgan fingerprint density at radius 2 is 2.08 bits per heavy atom. The number of nitrogens with two attached hydrogens (primary N) is 1. The maximum absolute atomic E-state index is 10.6. The summed E-state index contributed by atoms with van der Waals surface area (Å²) in [5.74, 6) is 0.209. The van der Waals surface area contributed by atoms with Crippen LogP contribution in [0.25, 0.3) is 0 Å². The smallest absolute Gasteiger partial charge is 0.307 e. The van der Waals surface area contributed by atoms with Crippen LogP contribution in [0.2, 0.25) is 0 Å². The summed E-state index contributed by atoms with van der Waals surface area (Å²) in [5.41, 5.74) is 5.80. The fourth-order valence-corrected chi connectivity index (χ4v) is 1.67. The van der Waals surface area contributed by atoms with Crippen molar-refractivity contribution in [3.63, 3.8) is 0 Å². The van der Waals surface area contributed by atoms with Gasteiger partial charge in [-0.1, -0.05) is 13.8 Å². The van der Waals surface area contributed by atoms with Gasteiger partial charge in [0.2, 0.25) is 0 Å². The molecule has 1 aliphatic rings. The molecule has 0 heterocycles. The highest BCUT2D eigenvalue weighted by atomic mass is 16.4. The van der Waals surface area contributed by atoms with E-state index in [2.05, 4.69) is 6.92 Å². The summed E-state index contributed by atoms with van der Waals surface area (Å²) in [6.07, 6.45) is 3.45. The molecule has 0 amide bonds.